The van der Waals surface area contributed by atoms with Gasteiger partial charge in [0.05, 0.1) is 11.4 Å². The quantitative estimate of drug-likeness (QED) is 0.857. The zero-order chi connectivity index (χ0) is 14.7. The van der Waals surface area contributed by atoms with Crippen LogP contribution < -0.4 is 15.4 Å². The Morgan fingerprint density at radius 1 is 1.25 bits per heavy atom. The van der Waals surface area contributed by atoms with E-state index in [1.54, 1.807) is 0 Å². The fourth-order valence-electron chi connectivity index (χ4n) is 2.71. The van der Waals surface area contributed by atoms with E-state index in [1.807, 2.05) is 11.9 Å². The van der Waals surface area contributed by atoms with Crippen molar-refractivity contribution in [3.05, 3.63) is 17.9 Å². The summed E-state index contributed by atoms with van der Waals surface area (Å²) in [5.41, 5.74) is 6.57. The lowest BCUT2D eigenvalue weighted by Gasteiger charge is -2.33. The number of rotatable bonds is 4. The van der Waals surface area contributed by atoms with Crippen LogP contribution in [0.15, 0.2) is 12.1 Å². The molecule has 20 heavy (non-hydrogen) atoms. The van der Waals surface area contributed by atoms with Gasteiger partial charge >= 0.3 is 6.61 Å². The molecule has 1 fully saturated rings. The Kier molecular flexibility index (Phi) is 4.62. The van der Waals surface area contributed by atoms with E-state index in [9.17, 15) is 13.2 Å². The molecule has 3 nitrogen and oxygen atoms in total. The molecule has 0 aliphatic heterocycles. The van der Waals surface area contributed by atoms with Crippen LogP contribution in [0, 0.1) is 5.82 Å². The van der Waals surface area contributed by atoms with Gasteiger partial charge in [0, 0.05) is 25.2 Å². The topological polar surface area (TPSA) is 38.5 Å². The number of nitrogens with zero attached hydrogens (tertiary/aromatic N) is 1. The van der Waals surface area contributed by atoms with Crippen molar-refractivity contribution in [1.82, 2.24) is 0 Å². The first kappa shape index (κ1) is 14.8. The summed E-state index contributed by atoms with van der Waals surface area (Å²) in [6.07, 6.45) is 5.53. The normalized spacial score (nSPS) is 16.4. The number of nitrogen functional groups attached to an aromatic ring is 1. The van der Waals surface area contributed by atoms with E-state index < -0.39 is 18.2 Å². The van der Waals surface area contributed by atoms with Crippen LogP contribution in [0.3, 0.4) is 0 Å². The van der Waals surface area contributed by atoms with Crippen LogP contribution in [0.1, 0.15) is 32.1 Å². The van der Waals surface area contributed by atoms with Crippen LogP contribution in [-0.4, -0.2) is 19.7 Å². The number of hydrogen-bond donors (Lipinski definition) is 1. The molecule has 0 heterocycles. The molecular weight excluding hydrogens is 269 g/mol. The molecule has 1 aliphatic rings. The van der Waals surface area contributed by atoms with Crippen LogP contribution in [0.25, 0.3) is 0 Å². The first-order valence-electron chi connectivity index (χ1n) is 6.75. The molecule has 1 aromatic rings. The number of hydrogen-bond acceptors (Lipinski definition) is 3. The molecule has 0 aromatic heterocycles. The lowest BCUT2D eigenvalue weighted by Crippen LogP contribution is -2.33. The number of nitrogens with two attached hydrogens (primary N) is 1. The highest BCUT2D eigenvalue weighted by atomic mass is 19.3. The smallest absolute Gasteiger partial charge is 0.387 e. The highest BCUT2D eigenvalue weighted by Gasteiger charge is 2.22. The van der Waals surface area contributed by atoms with Crippen LogP contribution in [0.2, 0.25) is 0 Å². The molecule has 0 spiro atoms. The summed E-state index contributed by atoms with van der Waals surface area (Å²) < 4.78 is 42.2. The van der Waals surface area contributed by atoms with Gasteiger partial charge in [0.2, 0.25) is 0 Å². The Balaban J connectivity index is 2.25. The van der Waals surface area contributed by atoms with E-state index in [0.717, 1.165) is 31.7 Å². The lowest BCUT2D eigenvalue weighted by molar-refractivity contribution is -0.0521. The zero-order valence-electron chi connectivity index (χ0n) is 11.4. The summed E-state index contributed by atoms with van der Waals surface area (Å²) in [6.45, 7) is -3.05. The summed E-state index contributed by atoms with van der Waals surface area (Å²) in [5, 5.41) is 0. The van der Waals surface area contributed by atoms with Gasteiger partial charge in [0.25, 0.3) is 0 Å². The van der Waals surface area contributed by atoms with Gasteiger partial charge in [-0.3, -0.25) is 0 Å². The molecule has 0 saturated heterocycles. The van der Waals surface area contributed by atoms with Crippen LogP contribution in [-0.2, 0) is 0 Å². The summed E-state index contributed by atoms with van der Waals surface area (Å²) in [7, 11) is 1.85. The SMILES string of the molecule is CN(c1cc(OC(F)F)c(F)cc1N)C1CCCCC1. The minimum atomic E-state index is -3.05. The van der Waals surface area contributed by atoms with Crippen molar-refractivity contribution in [1.29, 1.82) is 0 Å². The standard InChI is InChI=1S/C14H19F3N2O/c1-19(9-5-3-2-4-6-9)12-8-13(20-14(16)17)10(15)7-11(12)18/h7-9,14H,2-6,18H2,1H3. The second-order valence-electron chi connectivity index (χ2n) is 5.12. The summed E-state index contributed by atoms with van der Waals surface area (Å²) >= 11 is 0. The van der Waals surface area contributed by atoms with Crippen molar-refractivity contribution in [2.75, 3.05) is 17.7 Å². The molecule has 2 rings (SSSR count). The van der Waals surface area contributed by atoms with Crippen molar-refractivity contribution >= 4 is 11.4 Å². The Bertz CT molecular complexity index is 462. The van der Waals surface area contributed by atoms with Crippen LogP contribution in [0.4, 0.5) is 24.5 Å². The molecule has 6 heteroatoms. The molecule has 2 N–H and O–H groups in total. The highest BCUT2D eigenvalue weighted by molar-refractivity contribution is 5.70. The van der Waals surface area contributed by atoms with Crippen molar-refractivity contribution in [3.63, 3.8) is 0 Å². The fourth-order valence-corrected chi connectivity index (χ4v) is 2.71. The van der Waals surface area contributed by atoms with Gasteiger partial charge in [-0.25, -0.2) is 4.39 Å². The number of alkyl halides is 2. The molecule has 1 aromatic carbocycles. The van der Waals surface area contributed by atoms with Gasteiger partial charge in [-0.05, 0) is 12.8 Å². The van der Waals surface area contributed by atoms with Gasteiger partial charge in [0.1, 0.15) is 0 Å². The Morgan fingerprint density at radius 2 is 1.90 bits per heavy atom. The molecule has 112 valence electrons. The van der Waals surface area contributed by atoms with Crippen molar-refractivity contribution in [3.8, 4) is 5.75 Å². The Hall–Kier alpha value is -1.59. The largest absolute Gasteiger partial charge is 0.432 e. The molecule has 0 bridgehead atoms. The van der Waals surface area contributed by atoms with E-state index in [4.69, 9.17) is 5.73 Å². The maximum atomic E-state index is 13.5. The maximum absolute atomic E-state index is 13.5. The van der Waals surface area contributed by atoms with Crippen LogP contribution in [0.5, 0.6) is 5.75 Å². The molecule has 0 unspecified atom stereocenters. The second-order valence-corrected chi connectivity index (χ2v) is 5.12. The third-order valence-electron chi connectivity index (χ3n) is 3.80. The number of benzene rings is 1. The van der Waals surface area contributed by atoms with Gasteiger partial charge in [-0.1, -0.05) is 19.3 Å². The minimum absolute atomic E-state index is 0.234. The average Bonchev–Trinajstić information content (AvgIpc) is 2.41. The molecule has 0 radical (unpaired) electrons. The number of ether oxygens (including phenoxy) is 1. The maximum Gasteiger partial charge on any atom is 0.387 e. The van der Waals surface area contributed by atoms with E-state index in [0.29, 0.717) is 11.7 Å². The summed E-state index contributed by atoms with van der Waals surface area (Å²) in [4.78, 5) is 1.94. The second kappa shape index (κ2) is 6.24. The highest BCUT2D eigenvalue weighted by Crippen LogP contribution is 2.34. The van der Waals surface area contributed by atoms with Crippen molar-refractivity contribution < 1.29 is 17.9 Å². The zero-order valence-corrected chi connectivity index (χ0v) is 11.4. The van der Waals surface area contributed by atoms with E-state index >= 15 is 0 Å². The predicted octanol–water partition coefficient (Wildman–Crippen LogP) is 3.78. The first-order valence-corrected chi connectivity index (χ1v) is 6.75. The third-order valence-corrected chi connectivity index (χ3v) is 3.80. The summed E-state index contributed by atoms with van der Waals surface area (Å²) in [5.74, 6) is -1.34. The third kappa shape index (κ3) is 3.29. The monoisotopic (exact) mass is 288 g/mol. The Labute approximate surface area is 116 Å². The van der Waals surface area contributed by atoms with Gasteiger partial charge in [-0.2, -0.15) is 8.78 Å². The van der Waals surface area contributed by atoms with E-state index in [-0.39, 0.29) is 5.69 Å². The van der Waals surface area contributed by atoms with Crippen molar-refractivity contribution in [2.24, 2.45) is 0 Å². The molecular formula is C14H19F3N2O. The minimum Gasteiger partial charge on any atom is -0.432 e. The average molecular weight is 288 g/mol. The molecule has 1 saturated carbocycles. The number of anilines is 2. The number of halogens is 3. The molecule has 1 aliphatic carbocycles. The van der Waals surface area contributed by atoms with Crippen molar-refractivity contribution in [2.45, 2.75) is 44.8 Å². The molecule has 0 atom stereocenters. The predicted molar refractivity (Wildman–Crippen MR) is 72.7 cm³/mol. The summed E-state index contributed by atoms with van der Waals surface area (Å²) in [6, 6.07) is 2.59. The van der Waals surface area contributed by atoms with Crippen LogP contribution >= 0.6 is 0 Å². The van der Waals surface area contributed by atoms with Gasteiger partial charge in [0.15, 0.2) is 11.6 Å². The fraction of sp³-hybridized carbons (Fsp3) is 0.571. The van der Waals surface area contributed by atoms with E-state index in [1.165, 1.54) is 12.5 Å². The van der Waals surface area contributed by atoms with Gasteiger partial charge in [-0.15, -0.1) is 0 Å². The van der Waals surface area contributed by atoms with E-state index in [2.05, 4.69) is 4.74 Å². The lowest BCUT2D eigenvalue weighted by atomic mass is 9.94. The Morgan fingerprint density at radius 3 is 2.50 bits per heavy atom. The van der Waals surface area contributed by atoms with Gasteiger partial charge < -0.3 is 15.4 Å². The molecule has 0 amide bonds. The first-order chi connectivity index (χ1) is 9.49.